The van der Waals surface area contributed by atoms with E-state index in [-0.39, 0.29) is 11.7 Å². The Morgan fingerprint density at radius 1 is 1.50 bits per heavy atom. The Kier molecular flexibility index (Phi) is 3.43. The summed E-state index contributed by atoms with van der Waals surface area (Å²) in [6.07, 6.45) is 0. The van der Waals surface area contributed by atoms with Crippen LogP contribution >= 0.6 is 11.3 Å². The van der Waals surface area contributed by atoms with Crippen molar-refractivity contribution in [1.82, 2.24) is 0 Å². The quantitative estimate of drug-likeness (QED) is 0.715. The molecule has 0 amide bonds. The molecule has 1 aromatic heterocycles. The van der Waals surface area contributed by atoms with Gasteiger partial charge in [0.15, 0.2) is 5.78 Å². The number of carbonyl (C=O) groups is 1. The Labute approximate surface area is 88.2 Å². The third-order valence-electron chi connectivity index (χ3n) is 2.21. The molecule has 0 spiro atoms. The molecule has 3 heteroatoms. The molecule has 0 aliphatic carbocycles. The van der Waals surface area contributed by atoms with E-state index in [4.69, 9.17) is 5.26 Å². The van der Waals surface area contributed by atoms with Crippen LogP contribution in [0.5, 0.6) is 0 Å². The smallest absolute Gasteiger partial charge is 0.181 e. The van der Waals surface area contributed by atoms with Crippen LogP contribution in [0.15, 0.2) is 10.8 Å². The van der Waals surface area contributed by atoms with Gasteiger partial charge >= 0.3 is 0 Å². The molecule has 1 heterocycles. The number of nitrogens with zero attached hydrogens (tertiary/aromatic N) is 1. The summed E-state index contributed by atoms with van der Waals surface area (Å²) in [4.78, 5) is 11.9. The van der Waals surface area contributed by atoms with Gasteiger partial charge in [0.2, 0.25) is 0 Å². The predicted molar refractivity (Wildman–Crippen MR) is 57.3 cm³/mol. The number of Topliss-reactive ketones (excluding diaryl/α,β-unsaturated/α-hetero) is 1. The highest BCUT2D eigenvalue weighted by atomic mass is 32.1. The predicted octanol–water partition coefficient (Wildman–Crippen LogP) is 3.04. The Morgan fingerprint density at radius 2 is 2.14 bits per heavy atom. The molecule has 14 heavy (non-hydrogen) atoms. The minimum Gasteiger partial charge on any atom is -0.293 e. The number of aryl methyl sites for hydroxylation is 1. The van der Waals surface area contributed by atoms with Gasteiger partial charge in [0.1, 0.15) is 5.92 Å². The van der Waals surface area contributed by atoms with Crippen molar-refractivity contribution in [2.24, 2.45) is 11.8 Å². The second-order valence-electron chi connectivity index (χ2n) is 3.68. The highest BCUT2D eigenvalue weighted by molar-refractivity contribution is 7.08. The Hall–Kier alpha value is -1.14. The lowest BCUT2D eigenvalue weighted by atomic mass is 9.89. The van der Waals surface area contributed by atoms with Crippen LogP contribution in [0.1, 0.15) is 29.8 Å². The van der Waals surface area contributed by atoms with E-state index in [0.29, 0.717) is 5.56 Å². The molecule has 0 aromatic carbocycles. The average Bonchev–Trinajstić information content (AvgIpc) is 2.51. The van der Waals surface area contributed by atoms with Gasteiger partial charge < -0.3 is 0 Å². The van der Waals surface area contributed by atoms with E-state index in [9.17, 15) is 4.79 Å². The summed E-state index contributed by atoms with van der Waals surface area (Å²) < 4.78 is 0. The number of hydrogen-bond acceptors (Lipinski definition) is 3. The summed E-state index contributed by atoms with van der Waals surface area (Å²) in [7, 11) is 0. The fraction of sp³-hybridized carbons (Fsp3) is 0.455. The van der Waals surface area contributed by atoms with Crippen LogP contribution in [0.3, 0.4) is 0 Å². The summed E-state index contributed by atoms with van der Waals surface area (Å²) in [6.45, 7) is 5.69. The first-order chi connectivity index (χ1) is 6.57. The summed E-state index contributed by atoms with van der Waals surface area (Å²) in [5.74, 6) is -0.476. The first-order valence-corrected chi connectivity index (χ1v) is 5.48. The molecule has 0 aliphatic rings. The molecular formula is C11H13NOS. The van der Waals surface area contributed by atoms with Crippen LogP contribution in [-0.2, 0) is 0 Å². The number of rotatable bonds is 3. The zero-order valence-electron chi connectivity index (χ0n) is 8.57. The molecule has 0 saturated heterocycles. The lowest BCUT2D eigenvalue weighted by Crippen LogP contribution is -2.18. The normalized spacial score (nSPS) is 12.5. The van der Waals surface area contributed by atoms with Crippen LogP contribution in [0.25, 0.3) is 0 Å². The summed E-state index contributed by atoms with van der Waals surface area (Å²) in [5, 5.41) is 12.6. The van der Waals surface area contributed by atoms with E-state index in [0.717, 1.165) is 5.56 Å². The van der Waals surface area contributed by atoms with Crippen molar-refractivity contribution in [2.75, 3.05) is 0 Å². The van der Waals surface area contributed by atoms with Crippen molar-refractivity contribution >= 4 is 17.1 Å². The van der Waals surface area contributed by atoms with Crippen molar-refractivity contribution in [3.05, 3.63) is 21.9 Å². The maximum absolute atomic E-state index is 11.9. The van der Waals surface area contributed by atoms with Gasteiger partial charge in [-0.1, -0.05) is 13.8 Å². The van der Waals surface area contributed by atoms with E-state index >= 15 is 0 Å². The standard InChI is InChI=1S/C11H13NOS/c1-7(2)9(4-12)11(13)10-6-14-5-8(10)3/h5-7,9H,1-3H3. The van der Waals surface area contributed by atoms with E-state index in [1.807, 2.05) is 31.5 Å². The van der Waals surface area contributed by atoms with E-state index in [1.54, 1.807) is 0 Å². The molecular weight excluding hydrogens is 194 g/mol. The highest BCUT2D eigenvalue weighted by Gasteiger charge is 2.24. The highest BCUT2D eigenvalue weighted by Crippen LogP contribution is 2.21. The molecule has 1 atom stereocenters. The van der Waals surface area contributed by atoms with Crippen LogP contribution in [0, 0.1) is 30.1 Å². The van der Waals surface area contributed by atoms with Gasteiger partial charge in [-0.05, 0) is 23.8 Å². The maximum atomic E-state index is 11.9. The first-order valence-electron chi connectivity index (χ1n) is 4.54. The molecule has 1 unspecified atom stereocenters. The Balaban J connectivity index is 2.96. The SMILES string of the molecule is Cc1cscc1C(=O)C(C#N)C(C)C. The van der Waals surface area contributed by atoms with Crippen molar-refractivity contribution in [2.45, 2.75) is 20.8 Å². The monoisotopic (exact) mass is 207 g/mol. The number of nitriles is 1. The van der Waals surface area contributed by atoms with E-state index in [1.165, 1.54) is 11.3 Å². The Morgan fingerprint density at radius 3 is 2.50 bits per heavy atom. The first kappa shape index (κ1) is 10.9. The second kappa shape index (κ2) is 4.39. The third-order valence-corrected chi connectivity index (χ3v) is 3.07. The van der Waals surface area contributed by atoms with Gasteiger partial charge in [0.05, 0.1) is 6.07 Å². The topological polar surface area (TPSA) is 40.9 Å². The van der Waals surface area contributed by atoms with Crippen LogP contribution < -0.4 is 0 Å². The molecule has 0 saturated carbocycles. The van der Waals surface area contributed by atoms with Gasteiger partial charge in [-0.3, -0.25) is 4.79 Å². The van der Waals surface area contributed by atoms with Gasteiger partial charge in [-0.25, -0.2) is 0 Å². The minimum atomic E-state index is -0.511. The number of hydrogen-bond donors (Lipinski definition) is 0. The van der Waals surface area contributed by atoms with E-state index < -0.39 is 5.92 Å². The summed E-state index contributed by atoms with van der Waals surface area (Å²) >= 11 is 1.50. The minimum absolute atomic E-state index is 0.0405. The van der Waals surface area contributed by atoms with Crippen LogP contribution in [-0.4, -0.2) is 5.78 Å². The third kappa shape index (κ3) is 2.02. The zero-order valence-corrected chi connectivity index (χ0v) is 9.39. The molecule has 0 N–H and O–H groups in total. The van der Waals surface area contributed by atoms with Gasteiger partial charge in [0.25, 0.3) is 0 Å². The summed E-state index contributed by atoms with van der Waals surface area (Å²) in [6, 6.07) is 2.07. The molecule has 0 bridgehead atoms. The van der Waals surface area contributed by atoms with Crippen molar-refractivity contribution in [3.8, 4) is 6.07 Å². The molecule has 1 rings (SSSR count). The van der Waals surface area contributed by atoms with Gasteiger partial charge in [-0.2, -0.15) is 16.6 Å². The molecule has 0 aliphatic heterocycles. The molecule has 1 aromatic rings. The summed E-state index contributed by atoms with van der Waals surface area (Å²) in [5.41, 5.74) is 1.68. The van der Waals surface area contributed by atoms with E-state index in [2.05, 4.69) is 6.07 Å². The fourth-order valence-electron chi connectivity index (χ4n) is 1.29. The number of ketones is 1. The van der Waals surface area contributed by atoms with Crippen molar-refractivity contribution < 1.29 is 4.79 Å². The zero-order chi connectivity index (χ0) is 10.7. The number of thiophene rings is 1. The lowest BCUT2D eigenvalue weighted by molar-refractivity contribution is 0.0924. The van der Waals surface area contributed by atoms with Crippen LogP contribution in [0.4, 0.5) is 0 Å². The molecule has 74 valence electrons. The fourth-order valence-corrected chi connectivity index (χ4v) is 2.13. The molecule has 0 radical (unpaired) electrons. The lowest BCUT2D eigenvalue weighted by Gasteiger charge is -2.10. The van der Waals surface area contributed by atoms with Gasteiger partial charge in [0, 0.05) is 10.9 Å². The van der Waals surface area contributed by atoms with Crippen LogP contribution in [0.2, 0.25) is 0 Å². The largest absolute Gasteiger partial charge is 0.293 e. The molecule has 2 nitrogen and oxygen atoms in total. The maximum Gasteiger partial charge on any atom is 0.181 e. The second-order valence-corrected chi connectivity index (χ2v) is 4.43. The van der Waals surface area contributed by atoms with Gasteiger partial charge in [-0.15, -0.1) is 0 Å². The van der Waals surface area contributed by atoms with Crippen molar-refractivity contribution in [1.29, 1.82) is 5.26 Å². The Bertz CT molecular complexity index is 373. The van der Waals surface area contributed by atoms with Crippen molar-refractivity contribution in [3.63, 3.8) is 0 Å². The number of carbonyl (C=O) groups excluding carboxylic acids is 1. The molecule has 0 fully saturated rings. The average molecular weight is 207 g/mol.